The number of anilines is 2. The second-order valence-corrected chi connectivity index (χ2v) is 9.85. The van der Waals surface area contributed by atoms with Crippen LogP contribution in [0.4, 0.5) is 17.1 Å². The van der Waals surface area contributed by atoms with Crippen LogP contribution in [0, 0.1) is 17.0 Å². The van der Waals surface area contributed by atoms with Crippen molar-refractivity contribution in [2.45, 2.75) is 17.1 Å². The van der Waals surface area contributed by atoms with Crippen molar-refractivity contribution >= 4 is 40.6 Å². The zero-order valence-corrected chi connectivity index (χ0v) is 22.9. The van der Waals surface area contributed by atoms with Crippen LogP contribution in [-0.4, -0.2) is 31.0 Å². The molecule has 0 saturated heterocycles. The third-order valence-electron chi connectivity index (χ3n) is 6.04. The number of thioether (sulfide) groups is 1. The van der Waals surface area contributed by atoms with Crippen LogP contribution in [0.25, 0.3) is 0 Å². The molecule has 0 heterocycles. The van der Waals surface area contributed by atoms with Gasteiger partial charge in [-0.05, 0) is 60.5 Å². The molecule has 0 saturated carbocycles. The first kappa shape index (κ1) is 28.2. The lowest BCUT2D eigenvalue weighted by atomic mass is 10.1. The first-order valence-corrected chi connectivity index (χ1v) is 13.1. The third kappa shape index (κ3) is 6.59. The van der Waals surface area contributed by atoms with Gasteiger partial charge in [0.25, 0.3) is 11.6 Å². The number of amides is 2. The molecule has 2 N–H and O–H groups in total. The molecular formula is C30H27N3O6S. The van der Waals surface area contributed by atoms with Gasteiger partial charge < -0.3 is 20.1 Å². The van der Waals surface area contributed by atoms with Crippen LogP contribution >= 0.6 is 11.8 Å². The van der Waals surface area contributed by atoms with Gasteiger partial charge in [0.05, 0.1) is 19.1 Å². The summed E-state index contributed by atoms with van der Waals surface area (Å²) in [6.45, 7) is 1.71. The van der Waals surface area contributed by atoms with E-state index in [1.165, 1.54) is 44.2 Å². The van der Waals surface area contributed by atoms with E-state index in [-0.39, 0.29) is 23.1 Å². The molecule has 4 rings (SSSR count). The number of nitro benzene ring substituents is 1. The van der Waals surface area contributed by atoms with Crippen molar-refractivity contribution in [3.63, 3.8) is 0 Å². The Kier molecular flexibility index (Phi) is 9.03. The number of ether oxygens (including phenoxy) is 2. The summed E-state index contributed by atoms with van der Waals surface area (Å²) in [5, 5.41) is 16.2. The van der Waals surface area contributed by atoms with Crippen LogP contribution in [0.2, 0.25) is 0 Å². The Labute approximate surface area is 235 Å². The zero-order valence-electron chi connectivity index (χ0n) is 22.0. The molecule has 10 heteroatoms. The summed E-state index contributed by atoms with van der Waals surface area (Å²) >= 11 is 1.35. The van der Waals surface area contributed by atoms with Gasteiger partial charge in [-0.25, -0.2) is 0 Å². The van der Waals surface area contributed by atoms with Gasteiger partial charge in [0.2, 0.25) is 5.91 Å². The summed E-state index contributed by atoms with van der Waals surface area (Å²) < 4.78 is 10.7. The van der Waals surface area contributed by atoms with Crippen LogP contribution in [0.15, 0.2) is 95.9 Å². The minimum absolute atomic E-state index is 0.0409. The lowest BCUT2D eigenvalue weighted by Gasteiger charge is -2.18. The van der Waals surface area contributed by atoms with Gasteiger partial charge in [0.15, 0.2) is 0 Å². The zero-order chi connectivity index (χ0) is 28.6. The third-order valence-corrected chi connectivity index (χ3v) is 7.31. The number of non-ortho nitro benzene ring substituents is 1. The molecule has 0 aliphatic heterocycles. The molecule has 0 radical (unpaired) electrons. The summed E-state index contributed by atoms with van der Waals surface area (Å²) in [6.07, 6.45) is 0. The minimum Gasteiger partial charge on any atom is -0.496 e. The molecule has 0 aliphatic rings. The maximum Gasteiger partial charge on any atom is 0.269 e. The van der Waals surface area contributed by atoms with Crippen LogP contribution in [0.3, 0.4) is 0 Å². The fourth-order valence-electron chi connectivity index (χ4n) is 4.02. The second kappa shape index (κ2) is 12.8. The molecule has 0 bridgehead atoms. The lowest BCUT2D eigenvalue weighted by molar-refractivity contribution is -0.384. The van der Waals surface area contributed by atoms with Gasteiger partial charge in [0, 0.05) is 28.4 Å². The predicted octanol–water partition coefficient (Wildman–Crippen LogP) is 6.64. The van der Waals surface area contributed by atoms with E-state index in [0.29, 0.717) is 28.4 Å². The van der Waals surface area contributed by atoms with Gasteiger partial charge in [-0.1, -0.05) is 36.4 Å². The molecule has 4 aromatic rings. The smallest absolute Gasteiger partial charge is 0.269 e. The highest BCUT2D eigenvalue weighted by Gasteiger charge is 2.24. The largest absolute Gasteiger partial charge is 0.496 e. The van der Waals surface area contributed by atoms with E-state index in [4.69, 9.17) is 9.47 Å². The van der Waals surface area contributed by atoms with Crippen molar-refractivity contribution in [1.82, 2.24) is 0 Å². The van der Waals surface area contributed by atoms with Gasteiger partial charge in [-0.2, -0.15) is 0 Å². The van der Waals surface area contributed by atoms with Crippen molar-refractivity contribution in [3.8, 4) is 11.5 Å². The monoisotopic (exact) mass is 557 g/mol. The number of nitrogens with one attached hydrogen (secondary N) is 2. The van der Waals surface area contributed by atoms with Gasteiger partial charge >= 0.3 is 0 Å². The van der Waals surface area contributed by atoms with E-state index >= 15 is 0 Å². The van der Waals surface area contributed by atoms with E-state index in [9.17, 15) is 19.7 Å². The number of nitrogens with zero attached hydrogens (tertiary/aromatic N) is 1. The van der Waals surface area contributed by atoms with E-state index in [1.807, 2.05) is 42.5 Å². The number of carbonyl (C=O) groups is 2. The molecule has 1 unspecified atom stereocenters. The molecule has 204 valence electrons. The highest BCUT2D eigenvalue weighted by Crippen LogP contribution is 2.37. The molecular weight excluding hydrogens is 530 g/mol. The second-order valence-electron chi connectivity index (χ2n) is 8.67. The van der Waals surface area contributed by atoms with E-state index in [2.05, 4.69) is 10.6 Å². The molecule has 0 fully saturated rings. The molecule has 0 aromatic heterocycles. The average molecular weight is 558 g/mol. The van der Waals surface area contributed by atoms with Crippen LogP contribution in [0.5, 0.6) is 11.5 Å². The van der Waals surface area contributed by atoms with Gasteiger partial charge in [-0.3, -0.25) is 19.7 Å². The van der Waals surface area contributed by atoms with Gasteiger partial charge in [-0.15, -0.1) is 11.8 Å². The van der Waals surface area contributed by atoms with Crippen LogP contribution in [-0.2, 0) is 4.79 Å². The van der Waals surface area contributed by atoms with Crippen molar-refractivity contribution in [2.75, 3.05) is 24.9 Å². The number of methoxy groups -OCH3 is 2. The van der Waals surface area contributed by atoms with Crippen LogP contribution < -0.4 is 20.1 Å². The molecule has 40 heavy (non-hydrogen) atoms. The average Bonchev–Trinajstić information content (AvgIpc) is 2.97. The molecule has 1 atom stereocenters. The first-order chi connectivity index (χ1) is 19.3. The Morgan fingerprint density at radius 1 is 0.850 bits per heavy atom. The van der Waals surface area contributed by atoms with Crippen molar-refractivity contribution in [2.24, 2.45) is 0 Å². The topological polar surface area (TPSA) is 120 Å². The van der Waals surface area contributed by atoms with Crippen molar-refractivity contribution < 1.29 is 24.0 Å². The maximum absolute atomic E-state index is 13.4. The number of rotatable bonds is 10. The summed E-state index contributed by atoms with van der Waals surface area (Å²) in [7, 11) is 2.97. The van der Waals surface area contributed by atoms with E-state index in [0.717, 1.165) is 10.5 Å². The minimum atomic E-state index is -0.603. The number of aryl methyl sites for hydroxylation is 1. The Hall–Kier alpha value is -4.83. The number of carbonyl (C=O) groups excluding carboxylic acids is 2. The number of benzene rings is 4. The standard InChI is InChI=1S/C30H27N3O6S/c1-19-18-22(33(36)37)14-17-24(19)32-30(35)28(20-8-5-4-6-9-20)40-23-15-12-21(13-16-23)31-29(34)27-25(38-2)10-7-11-26(27)39-3/h4-18,28H,1-3H3,(H,31,34)(H,32,35). The predicted molar refractivity (Wildman–Crippen MR) is 155 cm³/mol. The Morgan fingerprint density at radius 2 is 1.50 bits per heavy atom. The molecule has 0 aliphatic carbocycles. The van der Waals surface area contributed by atoms with E-state index in [1.54, 1.807) is 37.3 Å². The fraction of sp³-hybridized carbons (Fsp3) is 0.133. The number of nitro groups is 1. The quantitative estimate of drug-likeness (QED) is 0.127. The van der Waals surface area contributed by atoms with Crippen LogP contribution in [0.1, 0.15) is 26.7 Å². The Bertz CT molecular complexity index is 1500. The summed E-state index contributed by atoms with van der Waals surface area (Å²) in [5.74, 6) is 0.136. The van der Waals surface area contributed by atoms with Crippen molar-refractivity contribution in [1.29, 1.82) is 0 Å². The molecule has 4 aromatic carbocycles. The first-order valence-electron chi connectivity index (χ1n) is 12.2. The highest BCUT2D eigenvalue weighted by molar-refractivity contribution is 8.00. The van der Waals surface area contributed by atoms with Gasteiger partial charge in [0.1, 0.15) is 22.3 Å². The highest BCUT2D eigenvalue weighted by atomic mass is 32.2. The SMILES string of the molecule is COc1cccc(OC)c1C(=O)Nc1ccc(SC(C(=O)Nc2ccc([N+](=O)[O-])cc2C)c2ccccc2)cc1. The Balaban J connectivity index is 1.52. The van der Waals surface area contributed by atoms with E-state index < -0.39 is 10.2 Å². The number of hydrogen-bond acceptors (Lipinski definition) is 7. The fourth-order valence-corrected chi connectivity index (χ4v) is 5.05. The maximum atomic E-state index is 13.4. The number of hydrogen-bond donors (Lipinski definition) is 2. The summed E-state index contributed by atoms with van der Waals surface area (Å²) in [5.41, 5.74) is 2.69. The lowest BCUT2D eigenvalue weighted by Crippen LogP contribution is -2.19. The molecule has 0 spiro atoms. The molecule has 9 nitrogen and oxygen atoms in total. The van der Waals surface area contributed by atoms with Crippen molar-refractivity contribution in [3.05, 3.63) is 118 Å². The Morgan fingerprint density at radius 3 is 2.08 bits per heavy atom. The normalized spacial score (nSPS) is 11.3. The molecule has 2 amide bonds. The summed E-state index contributed by atoms with van der Waals surface area (Å²) in [6, 6.07) is 25.9. The summed E-state index contributed by atoms with van der Waals surface area (Å²) in [4.78, 5) is 37.8.